The quantitative estimate of drug-likeness (QED) is 0.873. The van der Waals surface area contributed by atoms with E-state index in [2.05, 4.69) is 29.4 Å². The lowest BCUT2D eigenvalue weighted by atomic mass is 10.1. The molecule has 120 valence electrons. The van der Waals surface area contributed by atoms with Crippen LogP contribution in [0.3, 0.4) is 0 Å². The highest BCUT2D eigenvalue weighted by molar-refractivity contribution is 7.09. The molecular formula is C15H22N4O2S. The van der Waals surface area contributed by atoms with Crippen molar-refractivity contribution in [2.75, 3.05) is 7.05 Å². The molecular weight excluding hydrogens is 300 g/mol. The van der Waals surface area contributed by atoms with Crippen LogP contribution in [0.1, 0.15) is 56.2 Å². The lowest BCUT2D eigenvalue weighted by molar-refractivity contribution is -0.130. The van der Waals surface area contributed by atoms with E-state index >= 15 is 0 Å². The fourth-order valence-corrected chi connectivity index (χ4v) is 2.95. The third kappa shape index (κ3) is 4.62. The second kappa shape index (κ2) is 7.49. The summed E-state index contributed by atoms with van der Waals surface area (Å²) in [6, 6.07) is 0. The number of hydrogen-bond donors (Lipinski definition) is 1. The molecule has 0 spiro atoms. The van der Waals surface area contributed by atoms with Gasteiger partial charge in [0.25, 0.3) is 0 Å². The van der Waals surface area contributed by atoms with Crippen molar-refractivity contribution < 1.29 is 9.59 Å². The van der Waals surface area contributed by atoms with E-state index in [1.165, 1.54) is 0 Å². The van der Waals surface area contributed by atoms with Gasteiger partial charge in [-0.15, -0.1) is 11.3 Å². The number of carbonyl (C=O) groups is 2. The minimum absolute atomic E-state index is 0.0586. The molecule has 0 aromatic carbocycles. The number of aromatic nitrogens is 1. The van der Waals surface area contributed by atoms with Crippen molar-refractivity contribution in [3.63, 3.8) is 0 Å². The second-order valence-electron chi connectivity index (χ2n) is 5.79. The Morgan fingerprint density at radius 2 is 2.23 bits per heavy atom. The van der Waals surface area contributed by atoms with Crippen LogP contribution in [0.2, 0.25) is 0 Å². The Morgan fingerprint density at radius 3 is 2.82 bits per heavy atom. The van der Waals surface area contributed by atoms with Crippen molar-refractivity contribution in [1.29, 1.82) is 0 Å². The average Bonchev–Trinajstić information content (AvgIpc) is 2.95. The predicted molar refractivity (Wildman–Crippen MR) is 86.7 cm³/mol. The monoisotopic (exact) mass is 322 g/mol. The number of hydrazone groups is 1. The Bertz CT molecular complexity index is 580. The molecule has 1 aromatic heterocycles. The van der Waals surface area contributed by atoms with Gasteiger partial charge < -0.3 is 4.90 Å². The Morgan fingerprint density at radius 1 is 1.45 bits per heavy atom. The van der Waals surface area contributed by atoms with Crippen molar-refractivity contribution >= 4 is 28.9 Å². The zero-order valence-corrected chi connectivity index (χ0v) is 14.1. The molecule has 1 aliphatic rings. The molecule has 2 amide bonds. The van der Waals surface area contributed by atoms with Crippen LogP contribution in [0.4, 0.5) is 0 Å². The molecule has 2 rings (SSSR count). The molecule has 22 heavy (non-hydrogen) atoms. The third-order valence-electron chi connectivity index (χ3n) is 3.50. The Kier molecular flexibility index (Phi) is 5.65. The lowest BCUT2D eigenvalue weighted by Crippen LogP contribution is -2.29. The van der Waals surface area contributed by atoms with E-state index in [1.807, 2.05) is 5.38 Å². The molecule has 0 unspecified atom stereocenters. The van der Waals surface area contributed by atoms with Gasteiger partial charge in [-0.3, -0.25) is 9.59 Å². The smallest absolute Gasteiger partial charge is 0.240 e. The zero-order chi connectivity index (χ0) is 16.1. The zero-order valence-electron chi connectivity index (χ0n) is 13.3. The van der Waals surface area contributed by atoms with Crippen molar-refractivity contribution in [2.24, 2.45) is 5.10 Å². The molecule has 6 nitrogen and oxygen atoms in total. The number of thiazole rings is 1. The van der Waals surface area contributed by atoms with Gasteiger partial charge in [-0.2, -0.15) is 5.10 Å². The van der Waals surface area contributed by atoms with E-state index in [1.54, 1.807) is 23.3 Å². The summed E-state index contributed by atoms with van der Waals surface area (Å²) < 4.78 is 0. The molecule has 0 fully saturated rings. The molecule has 0 aliphatic carbocycles. The van der Waals surface area contributed by atoms with Crippen molar-refractivity contribution in [3.05, 3.63) is 16.1 Å². The molecule has 0 atom stereocenters. The van der Waals surface area contributed by atoms with Crippen LogP contribution in [-0.4, -0.2) is 34.5 Å². The topological polar surface area (TPSA) is 74.7 Å². The van der Waals surface area contributed by atoms with E-state index in [0.29, 0.717) is 38.1 Å². The van der Waals surface area contributed by atoms with Crippen molar-refractivity contribution in [3.8, 4) is 0 Å². The predicted octanol–water partition coefficient (Wildman–Crippen LogP) is 2.27. The number of amides is 2. The SMILES string of the molecule is CC(C)c1nc(CN(C)C(=O)CCC2=NNC(=O)CC2)cs1. The van der Waals surface area contributed by atoms with Crippen LogP contribution in [-0.2, 0) is 16.1 Å². The Balaban J connectivity index is 1.80. The molecule has 0 radical (unpaired) electrons. The maximum Gasteiger partial charge on any atom is 0.240 e. The van der Waals surface area contributed by atoms with Gasteiger partial charge in [-0.1, -0.05) is 13.8 Å². The lowest BCUT2D eigenvalue weighted by Gasteiger charge is -2.17. The van der Waals surface area contributed by atoms with E-state index in [0.717, 1.165) is 16.4 Å². The number of nitrogens with zero attached hydrogens (tertiary/aromatic N) is 3. The number of carbonyl (C=O) groups excluding carboxylic acids is 2. The summed E-state index contributed by atoms with van der Waals surface area (Å²) in [7, 11) is 1.79. The number of nitrogens with one attached hydrogen (secondary N) is 1. The highest BCUT2D eigenvalue weighted by Gasteiger charge is 2.16. The Hall–Kier alpha value is -1.76. The summed E-state index contributed by atoms with van der Waals surface area (Å²) in [5.74, 6) is 0.426. The van der Waals surface area contributed by atoms with Crippen LogP contribution in [0.15, 0.2) is 10.5 Å². The summed E-state index contributed by atoms with van der Waals surface area (Å²) in [5.41, 5.74) is 4.28. The first-order chi connectivity index (χ1) is 10.5. The van der Waals surface area contributed by atoms with Gasteiger partial charge in [0.05, 0.1) is 17.2 Å². The standard InChI is InChI=1S/C15H22N4O2S/c1-10(2)15-16-12(9-22-15)8-19(3)14(21)7-5-11-4-6-13(20)18-17-11/h9-10H,4-8H2,1-3H3,(H,18,20). The van der Waals surface area contributed by atoms with Gasteiger partial charge in [0.2, 0.25) is 11.8 Å². The molecule has 1 N–H and O–H groups in total. The van der Waals surface area contributed by atoms with Crippen molar-refractivity contribution in [1.82, 2.24) is 15.3 Å². The fraction of sp³-hybridized carbons (Fsp3) is 0.600. The first-order valence-electron chi connectivity index (χ1n) is 7.48. The second-order valence-corrected chi connectivity index (χ2v) is 6.68. The van der Waals surface area contributed by atoms with E-state index in [4.69, 9.17) is 0 Å². The van der Waals surface area contributed by atoms with E-state index < -0.39 is 0 Å². The van der Waals surface area contributed by atoms with Crippen LogP contribution in [0.5, 0.6) is 0 Å². The van der Waals surface area contributed by atoms with Crippen LogP contribution in [0, 0.1) is 0 Å². The largest absolute Gasteiger partial charge is 0.340 e. The van der Waals surface area contributed by atoms with Crippen molar-refractivity contribution in [2.45, 2.75) is 52.0 Å². The van der Waals surface area contributed by atoms with Crippen LogP contribution in [0.25, 0.3) is 0 Å². The molecule has 1 aromatic rings. The molecule has 0 saturated carbocycles. The molecule has 2 heterocycles. The first kappa shape index (κ1) is 16.6. The summed E-state index contributed by atoms with van der Waals surface area (Å²) in [5, 5.41) is 7.10. The number of hydrogen-bond acceptors (Lipinski definition) is 5. The maximum atomic E-state index is 12.2. The minimum atomic E-state index is -0.0586. The van der Waals surface area contributed by atoms with Gasteiger partial charge >= 0.3 is 0 Å². The Labute approximate surface area is 134 Å². The fourth-order valence-electron chi connectivity index (χ4n) is 2.13. The van der Waals surface area contributed by atoms with Gasteiger partial charge in [0.1, 0.15) is 0 Å². The molecule has 0 saturated heterocycles. The third-order valence-corrected chi connectivity index (χ3v) is 4.69. The van der Waals surface area contributed by atoms with Crippen LogP contribution >= 0.6 is 11.3 Å². The van der Waals surface area contributed by atoms with Gasteiger partial charge in [-0.25, -0.2) is 10.4 Å². The van der Waals surface area contributed by atoms with Gasteiger partial charge in [0, 0.05) is 36.9 Å². The highest BCUT2D eigenvalue weighted by Crippen LogP contribution is 2.20. The maximum absolute atomic E-state index is 12.2. The van der Waals surface area contributed by atoms with E-state index in [9.17, 15) is 9.59 Å². The van der Waals surface area contributed by atoms with Gasteiger partial charge in [-0.05, 0) is 12.8 Å². The first-order valence-corrected chi connectivity index (χ1v) is 8.36. The summed E-state index contributed by atoms with van der Waals surface area (Å²) in [6.45, 7) is 4.76. The molecule has 1 aliphatic heterocycles. The van der Waals surface area contributed by atoms with E-state index in [-0.39, 0.29) is 11.8 Å². The average molecular weight is 322 g/mol. The summed E-state index contributed by atoms with van der Waals surface area (Å²) >= 11 is 1.64. The number of rotatable bonds is 6. The normalized spacial score (nSPS) is 14.7. The van der Waals surface area contributed by atoms with Gasteiger partial charge in [0.15, 0.2) is 0 Å². The summed E-state index contributed by atoms with van der Waals surface area (Å²) in [6.07, 6.45) is 2.11. The minimum Gasteiger partial charge on any atom is -0.340 e. The molecule has 7 heteroatoms. The molecule has 0 bridgehead atoms. The van der Waals surface area contributed by atoms with Crippen LogP contribution < -0.4 is 5.43 Å². The summed E-state index contributed by atoms with van der Waals surface area (Å²) in [4.78, 5) is 29.4. The highest BCUT2D eigenvalue weighted by atomic mass is 32.1.